The highest BCUT2D eigenvalue weighted by atomic mass is 16.4. The number of amides is 2. The van der Waals surface area contributed by atoms with Crippen LogP contribution in [-0.4, -0.2) is 51.3 Å². The Bertz CT molecular complexity index is 1360. The Morgan fingerprint density at radius 1 is 1.17 bits per heavy atom. The summed E-state index contributed by atoms with van der Waals surface area (Å²) in [7, 11) is 0. The molecule has 7 heteroatoms. The number of allylic oxidation sites excluding steroid dienone is 1. The number of aliphatic carboxylic acids is 1. The van der Waals surface area contributed by atoms with Crippen LogP contribution in [0.15, 0.2) is 59.2 Å². The van der Waals surface area contributed by atoms with Crippen LogP contribution in [0.3, 0.4) is 0 Å². The van der Waals surface area contributed by atoms with E-state index in [9.17, 15) is 14.4 Å². The third kappa shape index (κ3) is 4.53. The molecule has 2 aliphatic rings. The maximum absolute atomic E-state index is 13.8. The smallest absolute Gasteiger partial charge is 0.303 e. The lowest BCUT2D eigenvalue weighted by molar-refractivity contribution is -0.164. The molecule has 7 nitrogen and oxygen atoms in total. The molecule has 1 unspecified atom stereocenters. The van der Waals surface area contributed by atoms with E-state index < -0.39 is 11.5 Å². The van der Waals surface area contributed by atoms with Crippen LogP contribution < -0.4 is 0 Å². The van der Waals surface area contributed by atoms with Crippen LogP contribution in [0.4, 0.5) is 0 Å². The van der Waals surface area contributed by atoms with Gasteiger partial charge in [0.25, 0.3) is 0 Å². The summed E-state index contributed by atoms with van der Waals surface area (Å²) in [5, 5.41) is 10.0. The highest BCUT2D eigenvalue weighted by Gasteiger charge is 2.50. The van der Waals surface area contributed by atoms with E-state index in [-0.39, 0.29) is 24.7 Å². The van der Waals surface area contributed by atoms with E-state index in [0.29, 0.717) is 32.5 Å². The lowest BCUT2D eigenvalue weighted by Gasteiger charge is -2.51. The van der Waals surface area contributed by atoms with Gasteiger partial charge in [0.2, 0.25) is 11.8 Å². The van der Waals surface area contributed by atoms with Gasteiger partial charge in [-0.2, -0.15) is 0 Å². The molecular weight excluding hydrogens is 456 g/mol. The van der Waals surface area contributed by atoms with Gasteiger partial charge in [-0.05, 0) is 48.9 Å². The number of carboxylic acid groups (broad SMARTS) is 1. The topological polar surface area (TPSA) is 91.1 Å². The molecule has 1 fully saturated rings. The second-order valence-electron chi connectivity index (χ2n) is 9.87. The van der Waals surface area contributed by atoms with Gasteiger partial charge in [-0.25, -0.2) is 0 Å². The van der Waals surface area contributed by atoms with Gasteiger partial charge in [-0.3, -0.25) is 14.4 Å². The molecule has 186 valence electrons. The number of rotatable bonds is 9. The minimum Gasteiger partial charge on any atom is -0.481 e. The van der Waals surface area contributed by atoms with Crippen LogP contribution in [0.5, 0.6) is 0 Å². The van der Waals surface area contributed by atoms with Crippen LogP contribution >= 0.6 is 0 Å². The average Bonchev–Trinajstić information content (AvgIpc) is 3.48. The van der Waals surface area contributed by atoms with Crippen molar-refractivity contribution in [3.8, 4) is 0 Å². The van der Waals surface area contributed by atoms with Gasteiger partial charge in [0.15, 0.2) is 0 Å². The fraction of sp³-hybridized carbons (Fsp3) is 0.345. The maximum atomic E-state index is 13.8. The number of likely N-dealkylation sites (tertiary alicyclic amines) is 1. The van der Waals surface area contributed by atoms with Crippen molar-refractivity contribution < 1.29 is 23.9 Å². The summed E-state index contributed by atoms with van der Waals surface area (Å²) >= 11 is 0. The Labute approximate surface area is 210 Å². The van der Waals surface area contributed by atoms with Gasteiger partial charge in [-0.1, -0.05) is 48.6 Å². The number of nitrogens with zero attached hydrogens (tertiary/aromatic N) is 2. The molecular formula is C29H30N2O5. The lowest BCUT2D eigenvalue weighted by atomic mass is 9.84. The van der Waals surface area contributed by atoms with Crippen molar-refractivity contribution in [3.05, 3.63) is 77.1 Å². The van der Waals surface area contributed by atoms with Crippen molar-refractivity contribution in [2.75, 3.05) is 13.1 Å². The van der Waals surface area contributed by atoms with Gasteiger partial charge in [-0.15, -0.1) is 0 Å². The standard InChI is InChI=1S/C29H30N2O5/c1-29(13-15-31(29)26(32)17-23-19-36-25-9-3-2-8-24(23)25)28(35)30(14-5-10-27(33)34)18-20-11-12-21-6-4-7-22(21)16-20/h2-4,6,8-9,11-12,16,19H,5,7,10,13-15,17-18H2,1H3,(H,33,34). The second kappa shape index (κ2) is 9.64. The first-order valence-electron chi connectivity index (χ1n) is 12.4. The number of hydrogen-bond acceptors (Lipinski definition) is 4. The van der Waals surface area contributed by atoms with Crippen molar-refractivity contribution in [2.45, 2.75) is 51.1 Å². The molecule has 1 aromatic heterocycles. The molecule has 5 rings (SSSR count). The summed E-state index contributed by atoms with van der Waals surface area (Å²) in [5.41, 5.74) is 4.02. The van der Waals surface area contributed by atoms with E-state index in [1.54, 1.807) is 16.1 Å². The quantitative estimate of drug-likeness (QED) is 0.483. The fourth-order valence-corrected chi connectivity index (χ4v) is 5.25. The highest BCUT2D eigenvalue weighted by Crippen LogP contribution is 2.34. The molecule has 1 aliphatic carbocycles. The Balaban J connectivity index is 1.32. The minimum atomic E-state index is -0.946. The molecule has 0 spiro atoms. The number of hydrogen-bond donors (Lipinski definition) is 1. The molecule has 1 aliphatic heterocycles. The molecule has 2 heterocycles. The predicted molar refractivity (Wildman–Crippen MR) is 136 cm³/mol. The monoisotopic (exact) mass is 486 g/mol. The molecule has 2 aromatic carbocycles. The zero-order valence-corrected chi connectivity index (χ0v) is 20.4. The lowest BCUT2D eigenvalue weighted by Crippen LogP contribution is -2.68. The third-order valence-electron chi connectivity index (χ3n) is 7.40. The summed E-state index contributed by atoms with van der Waals surface area (Å²) in [5.74, 6) is -1.13. The van der Waals surface area contributed by atoms with Gasteiger partial charge in [0.05, 0.1) is 12.7 Å². The highest BCUT2D eigenvalue weighted by molar-refractivity contribution is 5.95. The number of carboxylic acids is 1. The first-order chi connectivity index (χ1) is 17.3. The Hall–Kier alpha value is -3.87. The zero-order valence-electron chi connectivity index (χ0n) is 20.4. The maximum Gasteiger partial charge on any atom is 0.303 e. The minimum absolute atomic E-state index is 0.00912. The molecule has 0 saturated carbocycles. The zero-order chi connectivity index (χ0) is 25.3. The third-order valence-corrected chi connectivity index (χ3v) is 7.40. The molecule has 0 bridgehead atoms. The van der Waals surface area contributed by atoms with E-state index in [4.69, 9.17) is 9.52 Å². The number of carbonyl (C=O) groups excluding carboxylic acids is 2. The summed E-state index contributed by atoms with van der Waals surface area (Å²) < 4.78 is 5.58. The molecule has 0 radical (unpaired) electrons. The van der Waals surface area contributed by atoms with Crippen LogP contribution in [-0.2, 0) is 33.8 Å². The van der Waals surface area contributed by atoms with Crippen LogP contribution in [0, 0.1) is 0 Å². The number of benzene rings is 2. The largest absolute Gasteiger partial charge is 0.481 e. The van der Waals surface area contributed by atoms with E-state index in [1.165, 1.54) is 11.1 Å². The second-order valence-corrected chi connectivity index (χ2v) is 9.87. The Morgan fingerprint density at radius 2 is 2.00 bits per heavy atom. The molecule has 1 N–H and O–H groups in total. The van der Waals surface area contributed by atoms with Crippen molar-refractivity contribution in [1.82, 2.24) is 9.80 Å². The number of carbonyl (C=O) groups is 3. The van der Waals surface area contributed by atoms with Gasteiger partial charge >= 0.3 is 5.97 Å². The van der Waals surface area contributed by atoms with E-state index in [2.05, 4.69) is 24.3 Å². The molecule has 1 atom stereocenters. The average molecular weight is 487 g/mol. The SMILES string of the molecule is CC1(C(=O)N(CCCC(=O)O)Cc2ccc3c(c2)CC=C3)CCN1C(=O)Cc1coc2ccccc12. The number of para-hydroxylation sites is 1. The molecule has 1 saturated heterocycles. The first-order valence-corrected chi connectivity index (χ1v) is 12.4. The van der Waals surface area contributed by atoms with E-state index >= 15 is 0 Å². The number of furan rings is 1. The van der Waals surface area contributed by atoms with Crippen LogP contribution in [0.2, 0.25) is 0 Å². The van der Waals surface area contributed by atoms with Gasteiger partial charge in [0.1, 0.15) is 11.1 Å². The van der Waals surface area contributed by atoms with E-state index in [1.807, 2.05) is 37.3 Å². The molecule has 3 aromatic rings. The summed E-state index contributed by atoms with van der Waals surface area (Å²) in [6, 6.07) is 13.8. The molecule has 2 amide bonds. The molecule has 36 heavy (non-hydrogen) atoms. The fourth-order valence-electron chi connectivity index (χ4n) is 5.25. The number of fused-ring (bicyclic) bond motifs is 2. The van der Waals surface area contributed by atoms with Crippen LogP contribution in [0.1, 0.15) is 48.4 Å². The Morgan fingerprint density at radius 3 is 2.78 bits per heavy atom. The van der Waals surface area contributed by atoms with E-state index in [0.717, 1.165) is 28.5 Å². The van der Waals surface area contributed by atoms with Crippen molar-refractivity contribution in [3.63, 3.8) is 0 Å². The van der Waals surface area contributed by atoms with Crippen molar-refractivity contribution in [1.29, 1.82) is 0 Å². The van der Waals surface area contributed by atoms with Gasteiger partial charge < -0.3 is 19.3 Å². The predicted octanol–water partition coefficient (Wildman–Crippen LogP) is 4.43. The van der Waals surface area contributed by atoms with Crippen LogP contribution in [0.25, 0.3) is 17.0 Å². The Kier molecular flexibility index (Phi) is 6.39. The normalized spacial score (nSPS) is 18.2. The summed E-state index contributed by atoms with van der Waals surface area (Å²) in [6.45, 7) is 3.05. The van der Waals surface area contributed by atoms with Crippen molar-refractivity contribution in [2.24, 2.45) is 0 Å². The van der Waals surface area contributed by atoms with Gasteiger partial charge in [0, 0.05) is 37.0 Å². The summed E-state index contributed by atoms with van der Waals surface area (Å²) in [4.78, 5) is 41.6. The summed E-state index contributed by atoms with van der Waals surface area (Å²) in [6.07, 6.45) is 7.79. The van der Waals surface area contributed by atoms with Crippen molar-refractivity contribution >= 4 is 34.8 Å². The first kappa shape index (κ1) is 23.9.